The van der Waals surface area contributed by atoms with Gasteiger partial charge in [-0.3, -0.25) is 9.69 Å². The lowest BCUT2D eigenvalue weighted by Gasteiger charge is -2.31. The number of benzene rings is 1. The van der Waals surface area contributed by atoms with Gasteiger partial charge in [0.25, 0.3) is 0 Å². The quantitative estimate of drug-likeness (QED) is 0.876. The molecule has 0 saturated carbocycles. The van der Waals surface area contributed by atoms with E-state index in [1.54, 1.807) is 12.0 Å². The maximum absolute atomic E-state index is 12.7. The number of carbonyl (C=O) groups excluding carboxylic acids is 1. The van der Waals surface area contributed by atoms with Gasteiger partial charge in [-0.25, -0.2) is 8.78 Å². The predicted molar refractivity (Wildman–Crippen MR) is 80.0 cm³/mol. The molecule has 6 heteroatoms. The standard InChI is InChI=1S/C16H22F2N2O2/c1-22-14-6-2-4-12(8-14)9-19-15(21)11-20-7-3-5-13(10-20)16(17)18/h2,4,6,8,13,16H,3,5,7,9-11H2,1H3,(H,19,21). The molecular formula is C16H22F2N2O2. The summed E-state index contributed by atoms with van der Waals surface area (Å²) < 4.78 is 30.6. The first-order valence-electron chi connectivity index (χ1n) is 7.48. The van der Waals surface area contributed by atoms with Crippen molar-refractivity contribution in [3.63, 3.8) is 0 Å². The van der Waals surface area contributed by atoms with Crippen molar-refractivity contribution in [2.75, 3.05) is 26.7 Å². The van der Waals surface area contributed by atoms with E-state index in [9.17, 15) is 13.6 Å². The molecule has 1 amide bonds. The lowest BCUT2D eigenvalue weighted by Crippen LogP contribution is -2.43. The summed E-state index contributed by atoms with van der Waals surface area (Å²) >= 11 is 0. The summed E-state index contributed by atoms with van der Waals surface area (Å²) in [6, 6.07) is 7.45. The molecule has 1 N–H and O–H groups in total. The van der Waals surface area contributed by atoms with Crippen molar-refractivity contribution < 1.29 is 18.3 Å². The average Bonchev–Trinajstić information content (AvgIpc) is 2.53. The van der Waals surface area contributed by atoms with Crippen LogP contribution in [-0.2, 0) is 11.3 Å². The largest absolute Gasteiger partial charge is 0.497 e. The highest BCUT2D eigenvalue weighted by Crippen LogP contribution is 2.22. The van der Waals surface area contributed by atoms with Crippen LogP contribution in [0.4, 0.5) is 8.78 Å². The second-order valence-corrected chi connectivity index (χ2v) is 5.60. The van der Waals surface area contributed by atoms with Crippen LogP contribution in [0.25, 0.3) is 0 Å². The van der Waals surface area contributed by atoms with Gasteiger partial charge in [-0.2, -0.15) is 0 Å². The summed E-state index contributed by atoms with van der Waals surface area (Å²) in [5.74, 6) is -0.0137. The van der Waals surface area contributed by atoms with Crippen molar-refractivity contribution >= 4 is 5.91 Å². The minimum absolute atomic E-state index is 0.141. The molecule has 2 rings (SSSR count). The van der Waals surface area contributed by atoms with Gasteiger partial charge >= 0.3 is 0 Å². The predicted octanol–water partition coefficient (Wildman–Crippen LogP) is 2.29. The molecule has 1 heterocycles. The van der Waals surface area contributed by atoms with E-state index in [-0.39, 0.29) is 12.5 Å². The van der Waals surface area contributed by atoms with E-state index in [0.717, 1.165) is 17.7 Å². The number of alkyl halides is 2. The lowest BCUT2D eigenvalue weighted by atomic mass is 9.99. The topological polar surface area (TPSA) is 41.6 Å². The van der Waals surface area contributed by atoms with Crippen LogP contribution in [0.15, 0.2) is 24.3 Å². The van der Waals surface area contributed by atoms with Gasteiger partial charge in [-0.1, -0.05) is 12.1 Å². The van der Waals surface area contributed by atoms with Crippen LogP contribution in [-0.4, -0.2) is 44.0 Å². The van der Waals surface area contributed by atoms with E-state index in [1.807, 2.05) is 24.3 Å². The Balaban J connectivity index is 1.77. The first-order chi connectivity index (χ1) is 10.6. The molecule has 1 aliphatic rings. The van der Waals surface area contributed by atoms with Crippen LogP contribution in [0.3, 0.4) is 0 Å². The van der Waals surface area contributed by atoms with Crippen LogP contribution < -0.4 is 10.1 Å². The first-order valence-corrected chi connectivity index (χ1v) is 7.48. The maximum atomic E-state index is 12.7. The fourth-order valence-corrected chi connectivity index (χ4v) is 2.68. The summed E-state index contributed by atoms with van der Waals surface area (Å²) in [4.78, 5) is 13.8. The summed E-state index contributed by atoms with van der Waals surface area (Å²) in [5, 5.41) is 2.82. The fraction of sp³-hybridized carbons (Fsp3) is 0.562. The van der Waals surface area contributed by atoms with E-state index >= 15 is 0 Å². The molecule has 1 atom stereocenters. The van der Waals surface area contributed by atoms with Gasteiger partial charge in [-0.05, 0) is 37.1 Å². The van der Waals surface area contributed by atoms with Gasteiger partial charge in [-0.15, -0.1) is 0 Å². The Morgan fingerprint density at radius 2 is 2.32 bits per heavy atom. The zero-order valence-electron chi connectivity index (χ0n) is 12.7. The molecule has 0 radical (unpaired) electrons. The molecule has 122 valence electrons. The summed E-state index contributed by atoms with van der Waals surface area (Å²) in [6.07, 6.45) is -1.04. The van der Waals surface area contributed by atoms with E-state index in [1.165, 1.54) is 0 Å². The number of amides is 1. The van der Waals surface area contributed by atoms with E-state index < -0.39 is 12.3 Å². The van der Waals surface area contributed by atoms with E-state index in [0.29, 0.717) is 26.1 Å². The third-order valence-electron chi connectivity index (χ3n) is 3.89. The second kappa shape index (κ2) is 8.08. The number of hydrogen-bond acceptors (Lipinski definition) is 3. The van der Waals surface area contributed by atoms with Gasteiger partial charge in [0.2, 0.25) is 12.3 Å². The van der Waals surface area contributed by atoms with Crippen LogP contribution in [0, 0.1) is 5.92 Å². The summed E-state index contributed by atoms with van der Waals surface area (Å²) in [7, 11) is 1.59. The minimum Gasteiger partial charge on any atom is -0.497 e. The molecule has 1 saturated heterocycles. The molecule has 0 aliphatic carbocycles. The van der Waals surface area contributed by atoms with Crippen LogP contribution in [0.1, 0.15) is 18.4 Å². The highest BCUT2D eigenvalue weighted by molar-refractivity contribution is 5.78. The van der Waals surface area contributed by atoms with Gasteiger partial charge in [0.05, 0.1) is 13.7 Å². The highest BCUT2D eigenvalue weighted by atomic mass is 19.3. The lowest BCUT2D eigenvalue weighted by molar-refractivity contribution is -0.123. The molecule has 1 fully saturated rings. The monoisotopic (exact) mass is 312 g/mol. The number of hydrogen-bond donors (Lipinski definition) is 1. The highest BCUT2D eigenvalue weighted by Gasteiger charge is 2.27. The zero-order valence-corrected chi connectivity index (χ0v) is 12.7. The van der Waals surface area contributed by atoms with Crippen LogP contribution in [0.5, 0.6) is 5.75 Å². The molecule has 0 aromatic heterocycles. The van der Waals surface area contributed by atoms with Gasteiger partial charge < -0.3 is 10.1 Å². The number of ether oxygens (including phenoxy) is 1. The summed E-state index contributed by atoms with van der Waals surface area (Å²) in [5.41, 5.74) is 0.941. The molecule has 0 spiro atoms. The van der Waals surface area contributed by atoms with Crippen molar-refractivity contribution in [3.05, 3.63) is 29.8 Å². The van der Waals surface area contributed by atoms with Crippen molar-refractivity contribution in [1.82, 2.24) is 10.2 Å². The Bertz CT molecular complexity index is 497. The zero-order chi connectivity index (χ0) is 15.9. The maximum Gasteiger partial charge on any atom is 0.242 e. The number of nitrogens with one attached hydrogen (secondary N) is 1. The third kappa shape index (κ3) is 4.94. The second-order valence-electron chi connectivity index (χ2n) is 5.60. The third-order valence-corrected chi connectivity index (χ3v) is 3.89. The number of piperidine rings is 1. The molecule has 1 aromatic carbocycles. The molecule has 4 nitrogen and oxygen atoms in total. The molecule has 1 unspecified atom stereocenters. The number of methoxy groups -OCH3 is 1. The average molecular weight is 312 g/mol. The van der Waals surface area contributed by atoms with Crippen molar-refractivity contribution in [2.45, 2.75) is 25.8 Å². The van der Waals surface area contributed by atoms with Gasteiger partial charge in [0.1, 0.15) is 5.75 Å². The molecule has 22 heavy (non-hydrogen) atoms. The first kappa shape index (κ1) is 16.7. The number of rotatable bonds is 6. The number of likely N-dealkylation sites (tertiary alicyclic amines) is 1. The van der Waals surface area contributed by atoms with E-state index in [4.69, 9.17) is 4.74 Å². The Morgan fingerprint density at radius 1 is 1.50 bits per heavy atom. The number of halogens is 2. The van der Waals surface area contributed by atoms with Crippen LogP contribution >= 0.6 is 0 Å². The molecule has 1 aromatic rings. The Hall–Kier alpha value is -1.69. The molecule has 1 aliphatic heterocycles. The molecular weight excluding hydrogens is 290 g/mol. The van der Waals surface area contributed by atoms with Crippen molar-refractivity contribution in [1.29, 1.82) is 0 Å². The van der Waals surface area contributed by atoms with E-state index in [2.05, 4.69) is 5.32 Å². The van der Waals surface area contributed by atoms with Crippen LogP contribution in [0.2, 0.25) is 0 Å². The van der Waals surface area contributed by atoms with Gasteiger partial charge in [0.15, 0.2) is 0 Å². The summed E-state index contributed by atoms with van der Waals surface area (Å²) in [6.45, 7) is 1.58. The normalized spacial score (nSPS) is 19.2. The Morgan fingerprint density at radius 3 is 3.05 bits per heavy atom. The smallest absolute Gasteiger partial charge is 0.242 e. The molecule has 0 bridgehead atoms. The number of nitrogens with zero attached hydrogens (tertiary/aromatic N) is 1. The minimum atomic E-state index is -2.30. The fourth-order valence-electron chi connectivity index (χ4n) is 2.68. The van der Waals surface area contributed by atoms with Crippen molar-refractivity contribution in [3.8, 4) is 5.75 Å². The van der Waals surface area contributed by atoms with Gasteiger partial charge in [0, 0.05) is 19.0 Å². The Labute approximate surface area is 129 Å². The number of carbonyl (C=O) groups is 1. The SMILES string of the molecule is COc1cccc(CNC(=O)CN2CCCC(C(F)F)C2)c1. The van der Waals surface area contributed by atoms with Crippen molar-refractivity contribution in [2.24, 2.45) is 5.92 Å². The Kier molecular flexibility index (Phi) is 6.12.